The van der Waals surface area contributed by atoms with E-state index in [0.717, 1.165) is 49.5 Å². The molecular weight excluding hydrogens is 324 g/mol. The van der Waals surface area contributed by atoms with E-state index in [1.165, 1.54) is 0 Å². The number of morpholine rings is 1. The third-order valence-electron chi connectivity index (χ3n) is 4.98. The van der Waals surface area contributed by atoms with Crippen molar-refractivity contribution in [3.63, 3.8) is 0 Å². The fourth-order valence-electron chi connectivity index (χ4n) is 4.05. The van der Waals surface area contributed by atoms with Gasteiger partial charge in [0.1, 0.15) is 16.9 Å². The summed E-state index contributed by atoms with van der Waals surface area (Å²) in [5.41, 5.74) is 0.739. The molecule has 3 atom stereocenters. The second kappa shape index (κ2) is 6.46. The molecule has 2 aromatic rings. The zero-order chi connectivity index (χ0) is 16.7. The molecule has 0 saturated carbocycles. The van der Waals surface area contributed by atoms with Crippen molar-refractivity contribution < 1.29 is 9.53 Å². The Morgan fingerprint density at radius 3 is 2.96 bits per heavy atom. The zero-order valence-electron chi connectivity index (χ0n) is 14.2. The Kier molecular flexibility index (Phi) is 4.32. The molecule has 0 spiro atoms. The van der Waals surface area contributed by atoms with Gasteiger partial charge in [0, 0.05) is 37.6 Å². The van der Waals surface area contributed by atoms with Crippen LogP contribution < -0.4 is 0 Å². The van der Waals surface area contributed by atoms with Crippen molar-refractivity contribution in [1.82, 2.24) is 19.2 Å². The fraction of sp³-hybridized carbons (Fsp3) is 0.647. The monoisotopic (exact) mass is 348 g/mol. The summed E-state index contributed by atoms with van der Waals surface area (Å²) in [6, 6.07) is 0.300. The second-order valence-corrected chi connectivity index (χ2v) is 7.88. The first-order chi connectivity index (χ1) is 11.6. The van der Waals surface area contributed by atoms with E-state index in [2.05, 4.69) is 28.6 Å². The van der Waals surface area contributed by atoms with Gasteiger partial charge < -0.3 is 9.64 Å². The van der Waals surface area contributed by atoms with Gasteiger partial charge in [-0.1, -0.05) is 0 Å². The maximum Gasteiger partial charge on any atom is 0.272 e. The molecule has 2 saturated heterocycles. The van der Waals surface area contributed by atoms with Gasteiger partial charge in [-0.15, -0.1) is 11.3 Å². The molecule has 130 valence electrons. The number of imidazole rings is 1. The van der Waals surface area contributed by atoms with Gasteiger partial charge in [-0.3, -0.25) is 14.1 Å². The van der Waals surface area contributed by atoms with Gasteiger partial charge in [0.25, 0.3) is 5.91 Å². The smallest absolute Gasteiger partial charge is 0.272 e. The van der Waals surface area contributed by atoms with Crippen molar-refractivity contribution in [1.29, 1.82) is 0 Å². The van der Waals surface area contributed by atoms with Crippen LogP contribution in [0.15, 0.2) is 17.9 Å². The first-order valence-electron chi connectivity index (χ1n) is 8.70. The summed E-state index contributed by atoms with van der Waals surface area (Å²) in [6.07, 6.45) is 6.24. The summed E-state index contributed by atoms with van der Waals surface area (Å²) in [7, 11) is 0. The number of carbonyl (C=O) groups excluding carboxylic acids is 1. The Hall–Kier alpha value is -1.44. The number of thiazole rings is 1. The van der Waals surface area contributed by atoms with Gasteiger partial charge in [0.2, 0.25) is 0 Å². The maximum atomic E-state index is 13.0. The van der Waals surface area contributed by atoms with Crippen LogP contribution in [0.1, 0.15) is 37.2 Å². The molecule has 1 amide bonds. The normalized spacial score (nSPS) is 28.8. The van der Waals surface area contributed by atoms with Crippen LogP contribution in [-0.2, 0) is 4.74 Å². The first kappa shape index (κ1) is 16.1. The second-order valence-electron chi connectivity index (χ2n) is 6.99. The lowest BCUT2D eigenvalue weighted by Crippen LogP contribution is -2.51. The number of aromatic nitrogens is 2. The van der Waals surface area contributed by atoms with Crippen molar-refractivity contribution in [2.45, 2.75) is 44.9 Å². The number of likely N-dealkylation sites (tertiary alicyclic amines) is 1. The highest BCUT2D eigenvalue weighted by Crippen LogP contribution is 2.24. The Balaban J connectivity index is 1.48. The van der Waals surface area contributed by atoms with Gasteiger partial charge in [-0.25, -0.2) is 4.98 Å². The topological polar surface area (TPSA) is 50.1 Å². The van der Waals surface area contributed by atoms with Crippen LogP contribution in [0.25, 0.3) is 4.83 Å². The van der Waals surface area contributed by atoms with Gasteiger partial charge in [-0.05, 0) is 26.7 Å². The van der Waals surface area contributed by atoms with Crippen LogP contribution in [0, 0.1) is 0 Å². The molecule has 6 nitrogen and oxygen atoms in total. The van der Waals surface area contributed by atoms with Crippen LogP contribution in [0.2, 0.25) is 0 Å². The van der Waals surface area contributed by atoms with E-state index in [4.69, 9.17) is 4.74 Å². The third kappa shape index (κ3) is 2.96. The van der Waals surface area contributed by atoms with Gasteiger partial charge in [-0.2, -0.15) is 0 Å². The van der Waals surface area contributed by atoms with Crippen molar-refractivity contribution in [3.05, 3.63) is 23.6 Å². The molecule has 2 fully saturated rings. The van der Waals surface area contributed by atoms with Crippen molar-refractivity contribution in [3.8, 4) is 0 Å². The summed E-state index contributed by atoms with van der Waals surface area (Å²) in [5, 5.41) is 1.95. The minimum Gasteiger partial charge on any atom is -0.373 e. The molecule has 7 heteroatoms. The summed E-state index contributed by atoms with van der Waals surface area (Å²) >= 11 is 1.57. The molecule has 0 bridgehead atoms. The molecule has 0 N–H and O–H groups in total. The summed E-state index contributed by atoms with van der Waals surface area (Å²) in [5.74, 6) is 0.135. The average Bonchev–Trinajstić information content (AvgIpc) is 3.21. The molecule has 0 aromatic carbocycles. The van der Waals surface area contributed by atoms with Crippen molar-refractivity contribution in [2.75, 3.05) is 26.2 Å². The number of fused-ring (bicyclic) bond motifs is 1. The van der Waals surface area contributed by atoms with Crippen LogP contribution >= 0.6 is 11.3 Å². The van der Waals surface area contributed by atoms with E-state index in [9.17, 15) is 4.79 Å². The fourth-order valence-corrected chi connectivity index (χ4v) is 4.88. The van der Waals surface area contributed by atoms with Crippen LogP contribution in [0.4, 0.5) is 0 Å². The Morgan fingerprint density at radius 2 is 2.17 bits per heavy atom. The van der Waals surface area contributed by atoms with Gasteiger partial charge in [0.05, 0.1) is 18.4 Å². The predicted molar refractivity (Wildman–Crippen MR) is 93.6 cm³/mol. The number of carbonyl (C=O) groups is 1. The Labute approximate surface area is 146 Å². The SMILES string of the molecule is CC1CN(CC2CCCN2C(=O)c2csc3cncn23)CC(C)O1. The lowest BCUT2D eigenvalue weighted by Gasteiger charge is -2.38. The first-order valence-corrected chi connectivity index (χ1v) is 9.58. The quantitative estimate of drug-likeness (QED) is 0.852. The van der Waals surface area contributed by atoms with Crippen LogP contribution in [-0.4, -0.2) is 69.5 Å². The summed E-state index contributed by atoms with van der Waals surface area (Å²) in [4.78, 5) is 22.7. The van der Waals surface area contributed by atoms with E-state index in [1.54, 1.807) is 23.9 Å². The number of nitrogens with zero attached hydrogens (tertiary/aromatic N) is 4. The largest absolute Gasteiger partial charge is 0.373 e. The highest BCUT2D eigenvalue weighted by Gasteiger charge is 2.33. The summed E-state index contributed by atoms with van der Waals surface area (Å²) < 4.78 is 7.73. The van der Waals surface area contributed by atoms with Crippen molar-refractivity contribution >= 4 is 22.1 Å². The van der Waals surface area contributed by atoms with Crippen LogP contribution in [0.3, 0.4) is 0 Å². The predicted octanol–water partition coefficient (Wildman–Crippen LogP) is 2.11. The molecule has 0 aliphatic carbocycles. The standard InChI is InChI=1S/C17H24N4O2S/c1-12-7-19(8-13(2)23-12)9-14-4-3-5-20(14)17(22)15-10-24-16-6-18-11-21(15)16/h6,10-14H,3-5,7-9H2,1-2H3. The molecular formula is C17H24N4O2S. The number of rotatable bonds is 3. The zero-order valence-corrected chi connectivity index (χ0v) is 15.0. The molecule has 2 aromatic heterocycles. The van der Waals surface area contributed by atoms with E-state index >= 15 is 0 Å². The van der Waals surface area contributed by atoms with Gasteiger partial charge in [0.15, 0.2) is 0 Å². The number of ether oxygens (including phenoxy) is 1. The third-order valence-corrected chi connectivity index (χ3v) is 5.86. The minimum absolute atomic E-state index is 0.135. The average molecular weight is 348 g/mol. The van der Waals surface area contributed by atoms with Gasteiger partial charge >= 0.3 is 0 Å². The lowest BCUT2D eigenvalue weighted by molar-refractivity contribution is -0.0715. The molecule has 4 rings (SSSR count). The highest BCUT2D eigenvalue weighted by atomic mass is 32.1. The molecule has 2 aliphatic rings. The molecule has 3 unspecified atom stereocenters. The summed E-state index contributed by atoms with van der Waals surface area (Å²) in [6.45, 7) is 7.95. The Morgan fingerprint density at radius 1 is 1.38 bits per heavy atom. The highest BCUT2D eigenvalue weighted by molar-refractivity contribution is 7.15. The van der Waals surface area contributed by atoms with Crippen molar-refractivity contribution in [2.24, 2.45) is 0 Å². The lowest BCUT2D eigenvalue weighted by atomic mass is 10.1. The van der Waals surface area contributed by atoms with E-state index in [0.29, 0.717) is 6.04 Å². The van der Waals surface area contributed by atoms with E-state index < -0.39 is 0 Å². The number of hydrogen-bond acceptors (Lipinski definition) is 5. The molecule has 4 heterocycles. The van der Waals surface area contributed by atoms with Crippen LogP contribution in [0.5, 0.6) is 0 Å². The van der Waals surface area contributed by atoms with E-state index in [-0.39, 0.29) is 18.1 Å². The maximum absolute atomic E-state index is 13.0. The number of amides is 1. The molecule has 24 heavy (non-hydrogen) atoms. The Bertz CT molecular complexity index is 717. The van der Waals surface area contributed by atoms with E-state index in [1.807, 2.05) is 9.78 Å². The minimum atomic E-state index is 0.135. The molecule has 2 aliphatic heterocycles. The molecule has 0 radical (unpaired) electrons. The number of hydrogen-bond donors (Lipinski definition) is 0.